The third-order valence-electron chi connectivity index (χ3n) is 2.56. The lowest BCUT2D eigenvalue weighted by atomic mass is 10.3. The van der Waals surface area contributed by atoms with Crippen LogP contribution in [0.3, 0.4) is 0 Å². The van der Waals surface area contributed by atoms with Crippen molar-refractivity contribution in [2.45, 2.75) is 24.3 Å². The number of sulfonamides is 1. The van der Waals surface area contributed by atoms with Gasteiger partial charge in [0, 0.05) is 18.7 Å². The SMILES string of the molecule is COCC(C)Oc1ccc(Cl)cc1S(=O)(=O)NCCC(=O)O. The van der Waals surface area contributed by atoms with Gasteiger partial charge in [0.1, 0.15) is 16.7 Å². The number of carbonyl (C=O) groups is 1. The Bertz CT molecular complexity index is 619. The van der Waals surface area contributed by atoms with Crippen molar-refractivity contribution in [2.75, 3.05) is 20.3 Å². The highest BCUT2D eigenvalue weighted by molar-refractivity contribution is 7.89. The number of nitrogens with one attached hydrogen (secondary N) is 1. The van der Waals surface area contributed by atoms with E-state index in [9.17, 15) is 13.2 Å². The summed E-state index contributed by atoms with van der Waals surface area (Å²) in [6, 6.07) is 4.20. The normalized spacial score (nSPS) is 12.9. The molecule has 7 nitrogen and oxygen atoms in total. The van der Waals surface area contributed by atoms with Crippen LogP contribution in [0.5, 0.6) is 5.75 Å². The Labute approximate surface area is 134 Å². The molecule has 0 radical (unpaired) electrons. The fraction of sp³-hybridized carbons (Fsp3) is 0.462. The average molecular weight is 352 g/mol. The minimum absolute atomic E-state index is 0.122. The molecule has 124 valence electrons. The number of methoxy groups -OCH3 is 1. The lowest BCUT2D eigenvalue weighted by molar-refractivity contribution is -0.136. The van der Waals surface area contributed by atoms with Crippen LogP contribution in [0, 0.1) is 0 Å². The Balaban J connectivity index is 3.00. The van der Waals surface area contributed by atoms with Gasteiger partial charge in [-0.25, -0.2) is 13.1 Å². The number of rotatable bonds is 9. The molecular weight excluding hydrogens is 334 g/mol. The fourth-order valence-corrected chi connectivity index (χ4v) is 3.07. The van der Waals surface area contributed by atoms with Crippen LogP contribution in [-0.2, 0) is 19.6 Å². The van der Waals surface area contributed by atoms with Gasteiger partial charge in [0.2, 0.25) is 10.0 Å². The quantitative estimate of drug-likeness (QED) is 0.699. The van der Waals surface area contributed by atoms with Crippen molar-refractivity contribution in [2.24, 2.45) is 0 Å². The van der Waals surface area contributed by atoms with E-state index in [2.05, 4.69) is 4.72 Å². The van der Waals surface area contributed by atoms with E-state index in [4.69, 9.17) is 26.2 Å². The second-order valence-corrected chi connectivity index (χ2v) is 6.69. The van der Waals surface area contributed by atoms with E-state index >= 15 is 0 Å². The first kappa shape index (κ1) is 18.7. The first-order valence-electron chi connectivity index (χ1n) is 6.43. The highest BCUT2D eigenvalue weighted by Gasteiger charge is 2.21. The zero-order chi connectivity index (χ0) is 16.8. The topological polar surface area (TPSA) is 102 Å². The molecule has 1 rings (SSSR count). The van der Waals surface area contributed by atoms with Crippen molar-refractivity contribution in [3.05, 3.63) is 23.2 Å². The number of hydrogen-bond acceptors (Lipinski definition) is 5. The van der Waals surface area contributed by atoms with Crippen LogP contribution in [0.25, 0.3) is 0 Å². The first-order chi connectivity index (χ1) is 10.3. The molecule has 0 fully saturated rings. The van der Waals surface area contributed by atoms with E-state index in [1.54, 1.807) is 6.92 Å². The van der Waals surface area contributed by atoms with Crippen LogP contribution in [0.2, 0.25) is 5.02 Å². The third-order valence-corrected chi connectivity index (χ3v) is 4.27. The lowest BCUT2D eigenvalue weighted by Gasteiger charge is -2.17. The number of hydrogen-bond donors (Lipinski definition) is 2. The predicted octanol–water partition coefficient (Wildman–Crippen LogP) is 1.51. The molecule has 0 aliphatic rings. The molecule has 0 heterocycles. The van der Waals surface area contributed by atoms with E-state index < -0.39 is 16.0 Å². The molecule has 0 bridgehead atoms. The smallest absolute Gasteiger partial charge is 0.304 e. The highest BCUT2D eigenvalue weighted by Crippen LogP contribution is 2.28. The van der Waals surface area contributed by atoms with Crippen LogP contribution >= 0.6 is 11.6 Å². The Morgan fingerprint density at radius 3 is 2.73 bits per heavy atom. The molecule has 0 amide bonds. The first-order valence-corrected chi connectivity index (χ1v) is 8.29. The molecule has 0 aromatic heterocycles. The largest absolute Gasteiger partial charge is 0.487 e. The summed E-state index contributed by atoms with van der Waals surface area (Å²) < 4.78 is 37.2. The average Bonchev–Trinajstić information content (AvgIpc) is 2.40. The second-order valence-electron chi connectivity index (χ2n) is 4.52. The maximum absolute atomic E-state index is 12.3. The summed E-state index contributed by atoms with van der Waals surface area (Å²) in [5.74, 6) is -0.976. The van der Waals surface area contributed by atoms with Gasteiger partial charge in [-0.2, -0.15) is 0 Å². The molecule has 22 heavy (non-hydrogen) atoms. The van der Waals surface area contributed by atoms with Crippen LogP contribution in [0.4, 0.5) is 0 Å². The zero-order valence-electron chi connectivity index (χ0n) is 12.2. The maximum Gasteiger partial charge on any atom is 0.304 e. The summed E-state index contributed by atoms with van der Waals surface area (Å²) in [7, 11) is -2.43. The molecule has 1 unspecified atom stereocenters. The molecule has 0 aliphatic heterocycles. The van der Waals surface area contributed by atoms with E-state index in [1.807, 2.05) is 0 Å². The summed E-state index contributed by atoms with van der Waals surface area (Å²) in [5, 5.41) is 8.79. The fourth-order valence-electron chi connectivity index (χ4n) is 1.64. The minimum Gasteiger partial charge on any atom is -0.487 e. The highest BCUT2D eigenvalue weighted by atomic mass is 35.5. The summed E-state index contributed by atoms with van der Waals surface area (Å²) in [6.45, 7) is 1.79. The second kappa shape index (κ2) is 8.33. The van der Waals surface area contributed by atoms with Crippen molar-refractivity contribution in [3.8, 4) is 5.75 Å². The number of halogens is 1. The van der Waals surface area contributed by atoms with Crippen LogP contribution in [0.1, 0.15) is 13.3 Å². The van der Waals surface area contributed by atoms with Gasteiger partial charge in [0.25, 0.3) is 0 Å². The molecule has 9 heteroatoms. The maximum atomic E-state index is 12.3. The Kier molecular flexibility index (Phi) is 7.08. The summed E-state index contributed by atoms with van der Waals surface area (Å²) >= 11 is 5.84. The summed E-state index contributed by atoms with van der Waals surface area (Å²) in [5.41, 5.74) is 0. The number of carboxylic acids is 1. The Morgan fingerprint density at radius 2 is 2.14 bits per heavy atom. The predicted molar refractivity (Wildman–Crippen MR) is 80.9 cm³/mol. The van der Waals surface area contributed by atoms with Crippen molar-refractivity contribution in [1.82, 2.24) is 4.72 Å². The van der Waals surface area contributed by atoms with E-state index in [1.165, 1.54) is 25.3 Å². The molecule has 0 spiro atoms. The van der Waals surface area contributed by atoms with E-state index in [0.29, 0.717) is 0 Å². The molecular formula is C13H18ClNO6S. The molecule has 1 aromatic rings. The van der Waals surface area contributed by atoms with Gasteiger partial charge in [-0.05, 0) is 25.1 Å². The van der Waals surface area contributed by atoms with E-state index in [0.717, 1.165) is 0 Å². The monoisotopic (exact) mass is 351 g/mol. The van der Waals surface area contributed by atoms with E-state index in [-0.39, 0.29) is 41.3 Å². The van der Waals surface area contributed by atoms with Crippen molar-refractivity contribution >= 4 is 27.6 Å². The Hall–Kier alpha value is -1.35. The van der Waals surface area contributed by atoms with Gasteiger partial charge in [-0.3, -0.25) is 4.79 Å². The molecule has 0 aliphatic carbocycles. The lowest BCUT2D eigenvalue weighted by Crippen LogP contribution is -2.27. The molecule has 2 N–H and O–H groups in total. The molecule has 1 aromatic carbocycles. The Morgan fingerprint density at radius 1 is 1.45 bits per heavy atom. The molecule has 0 saturated heterocycles. The van der Waals surface area contributed by atoms with Crippen LogP contribution < -0.4 is 9.46 Å². The van der Waals surface area contributed by atoms with Crippen LogP contribution in [0.15, 0.2) is 23.1 Å². The number of benzene rings is 1. The summed E-state index contributed by atoms with van der Waals surface area (Å²) in [4.78, 5) is 10.3. The number of ether oxygens (including phenoxy) is 2. The van der Waals surface area contributed by atoms with Gasteiger partial charge < -0.3 is 14.6 Å². The summed E-state index contributed by atoms with van der Waals surface area (Å²) in [6.07, 6.45) is -0.685. The molecule has 0 saturated carbocycles. The van der Waals surface area contributed by atoms with Crippen molar-refractivity contribution < 1.29 is 27.8 Å². The minimum atomic E-state index is -3.93. The van der Waals surface area contributed by atoms with Gasteiger partial charge in [0.05, 0.1) is 13.0 Å². The number of aliphatic carboxylic acids is 1. The van der Waals surface area contributed by atoms with Gasteiger partial charge in [0.15, 0.2) is 0 Å². The molecule has 1 atom stereocenters. The third kappa shape index (κ3) is 5.80. The zero-order valence-corrected chi connectivity index (χ0v) is 13.8. The van der Waals surface area contributed by atoms with Crippen molar-refractivity contribution in [3.63, 3.8) is 0 Å². The van der Waals surface area contributed by atoms with Gasteiger partial charge in [-0.1, -0.05) is 11.6 Å². The van der Waals surface area contributed by atoms with Gasteiger partial charge in [-0.15, -0.1) is 0 Å². The standard InChI is InChI=1S/C13H18ClNO6S/c1-9(8-20-2)21-11-4-3-10(14)7-12(11)22(18,19)15-6-5-13(16)17/h3-4,7,9,15H,5-6,8H2,1-2H3,(H,16,17). The number of carboxylic acid groups (broad SMARTS) is 1. The van der Waals surface area contributed by atoms with Gasteiger partial charge >= 0.3 is 5.97 Å². The van der Waals surface area contributed by atoms with Crippen LogP contribution in [-0.4, -0.2) is 45.9 Å². The van der Waals surface area contributed by atoms with Crippen molar-refractivity contribution in [1.29, 1.82) is 0 Å².